The highest BCUT2D eigenvalue weighted by Gasteiger charge is 2.21. The molecule has 2 heteroatoms. The summed E-state index contributed by atoms with van der Waals surface area (Å²) in [6.45, 7) is 10.4. The summed E-state index contributed by atoms with van der Waals surface area (Å²) in [6, 6.07) is 9.20. The van der Waals surface area contributed by atoms with E-state index in [-0.39, 0.29) is 5.41 Å². The van der Waals surface area contributed by atoms with E-state index in [0.29, 0.717) is 0 Å². The van der Waals surface area contributed by atoms with Gasteiger partial charge in [0.25, 0.3) is 0 Å². The van der Waals surface area contributed by atoms with Crippen molar-refractivity contribution in [3.05, 3.63) is 29.8 Å². The van der Waals surface area contributed by atoms with Gasteiger partial charge in [-0.25, -0.2) is 0 Å². The lowest BCUT2D eigenvalue weighted by Gasteiger charge is -2.36. The number of anilines is 1. The molecule has 0 N–H and O–H groups in total. The maximum atomic E-state index is 2.56. The normalized spacial score (nSPS) is 20.5. The Hall–Kier alpha value is -1.02. The van der Waals surface area contributed by atoms with Crippen LogP contribution in [0, 0.1) is 5.92 Å². The molecule has 1 aliphatic rings. The van der Waals surface area contributed by atoms with E-state index in [1.54, 1.807) is 0 Å². The molecule has 1 heterocycles. The Morgan fingerprint density at radius 1 is 1.15 bits per heavy atom. The maximum Gasteiger partial charge on any atom is 0.0366 e. The first-order chi connectivity index (χ1) is 9.36. The van der Waals surface area contributed by atoms with E-state index in [1.807, 2.05) is 0 Å². The molecule has 1 saturated heterocycles. The predicted molar refractivity (Wildman–Crippen MR) is 88.6 cm³/mol. The monoisotopic (exact) mass is 274 g/mol. The van der Waals surface area contributed by atoms with Crippen LogP contribution in [0.3, 0.4) is 0 Å². The maximum absolute atomic E-state index is 2.56. The molecule has 1 aromatic rings. The van der Waals surface area contributed by atoms with Crippen LogP contribution in [0.15, 0.2) is 24.3 Å². The number of hydrogen-bond donors (Lipinski definition) is 0. The lowest BCUT2D eigenvalue weighted by Crippen LogP contribution is -2.39. The second-order valence-corrected chi connectivity index (χ2v) is 7.51. The Kier molecular flexibility index (Phi) is 4.74. The van der Waals surface area contributed by atoms with Gasteiger partial charge >= 0.3 is 0 Å². The third kappa shape index (κ3) is 3.99. The predicted octanol–water partition coefficient (Wildman–Crippen LogP) is 3.76. The minimum Gasteiger partial charge on any atom is -0.371 e. The van der Waals surface area contributed by atoms with Crippen LogP contribution in [-0.4, -0.2) is 38.6 Å². The summed E-state index contributed by atoms with van der Waals surface area (Å²) in [7, 11) is 4.36. The van der Waals surface area contributed by atoms with Crippen LogP contribution in [-0.2, 0) is 5.41 Å². The molecule has 0 radical (unpaired) electrons. The zero-order valence-electron chi connectivity index (χ0n) is 13.8. The summed E-state index contributed by atoms with van der Waals surface area (Å²) < 4.78 is 0. The summed E-state index contributed by atoms with van der Waals surface area (Å²) in [4.78, 5) is 4.88. The van der Waals surface area contributed by atoms with Crippen LogP contribution in [0.1, 0.15) is 39.2 Å². The van der Waals surface area contributed by atoms with Gasteiger partial charge in [-0.1, -0.05) is 32.9 Å². The zero-order chi connectivity index (χ0) is 14.8. The van der Waals surface area contributed by atoms with Gasteiger partial charge in [0.05, 0.1) is 0 Å². The van der Waals surface area contributed by atoms with Gasteiger partial charge in [-0.05, 0) is 56.0 Å². The molecule has 2 nitrogen and oxygen atoms in total. The van der Waals surface area contributed by atoms with E-state index in [9.17, 15) is 0 Å². The van der Waals surface area contributed by atoms with Gasteiger partial charge in [-0.15, -0.1) is 0 Å². The molecule has 20 heavy (non-hydrogen) atoms. The second kappa shape index (κ2) is 6.17. The lowest BCUT2D eigenvalue weighted by atomic mass is 9.87. The number of rotatable bonds is 3. The molecule has 1 fully saturated rings. The highest BCUT2D eigenvalue weighted by atomic mass is 15.1. The van der Waals surface area contributed by atoms with Crippen LogP contribution in [0.25, 0.3) is 0 Å². The van der Waals surface area contributed by atoms with Gasteiger partial charge in [0, 0.05) is 25.3 Å². The molecule has 1 aliphatic heterocycles. The number of benzene rings is 1. The van der Waals surface area contributed by atoms with Crippen molar-refractivity contribution >= 4 is 5.69 Å². The largest absolute Gasteiger partial charge is 0.371 e. The van der Waals surface area contributed by atoms with Crippen molar-refractivity contribution < 1.29 is 0 Å². The van der Waals surface area contributed by atoms with Crippen molar-refractivity contribution in [1.29, 1.82) is 0 Å². The van der Waals surface area contributed by atoms with E-state index in [2.05, 4.69) is 68.9 Å². The molecule has 0 bridgehead atoms. The number of nitrogens with zero attached hydrogens (tertiary/aromatic N) is 2. The van der Waals surface area contributed by atoms with Crippen molar-refractivity contribution in [2.24, 2.45) is 5.92 Å². The van der Waals surface area contributed by atoms with Crippen molar-refractivity contribution in [2.45, 2.75) is 39.0 Å². The first kappa shape index (κ1) is 15.4. The topological polar surface area (TPSA) is 6.48 Å². The zero-order valence-corrected chi connectivity index (χ0v) is 13.8. The van der Waals surface area contributed by atoms with E-state index >= 15 is 0 Å². The van der Waals surface area contributed by atoms with Crippen LogP contribution in [0.4, 0.5) is 5.69 Å². The third-order valence-electron chi connectivity index (χ3n) is 4.24. The molecule has 0 aromatic heterocycles. The second-order valence-electron chi connectivity index (χ2n) is 7.51. The Morgan fingerprint density at radius 3 is 2.35 bits per heavy atom. The van der Waals surface area contributed by atoms with E-state index in [0.717, 1.165) is 5.92 Å². The Labute approximate surface area is 124 Å². The van der Waals surface area contributed by atoms with Crippen LogP contribution < -0.4 is 4.90 Å². The minimum atomic E-state index is 0.244. The molecule has 0 saturated carbocycles. The molecular formula is C18H30N2. The van der Waals surface area contributed by atoms with Gasteiger partial charge in [-0.2, -0.15) is 0 Å². The average molecular weight is 274 g/mol. The first-order valence-electron chi connectivity index (χ1n) is 7.86. The SMILES string of the molecule is CN(C)CC1CCCN(c2ccc(C(C)(C)C)cc2)C1. The Bertz CT molecular complexity index is 414. The molecular weight excluding hydrogens is 244 g/mol. The van der Waals surface area contributed by atoms with E-state index in [4.69, 9.17) is 0 Å². The standard InChI is InChI=1S/C18H30N2/c1-18(2,3)16-8-10-17(11-9-16)20-12-6-7-15(14-20)13-19(4)5/h8-11,15H,6-7,12-14H2,1-5H3. The van der Waals surface area contributed by atoms with E-state index < -0.39 is 0 Å². The molecule has 2 rings (SSSR count). The van der Waals surface area contributed by atoms with Crippen LogP contribution in [0.5, 0.6) is 0 Å². The highest BCUT2D eigenvalue weighted by molar-refractivity contribution is 5.49. The highest BCUT2D eigenvalue weighted by Crippen LogP contribution is 2.27. The minimum absolute atomic E-state index is 0.244. The molecule has 1 aromatic carbocycles. The summed E-state index contributed by atoms with van der Waals surface area (Å²) in [5.74, 6) is 0.807. The van der Waals surface area contributed by atoms with E-state index in [1.165, 1.54) is 43.7 Å². The smallest absolute Gasteiger partial charge is 0.0366 e. The third-order valence-corrected chi connectivity index (χ3v) is 4.24. The average Bonchev–Trinajstić information content (AvgIpc) is 2.37. The molecule has 0 amide bonds. The molecule has 112 valence electrons. The Morgan fingerprint density at radius 2 is 1.80 bits per heavy atom. The summed E-state index contributed by atoms with van der Waals surface area (Å²) in [6.07, 6.45) is 2.69. The quantitative estimate of drug-likeness (QED) is 0.828. The number of piperidine rings is 1. The molecule has 0 aliphatic carbocycles. The van der Waals surface area contributed by atoms with Crippen LogP contribution >= 0.6 is 0 Å². The summed E-state index contributed by atoms with van der Waals surface area (Å²) in [5.41, 5.74) is 3.05. The van der Waals surface area contributed by atoms with Gasteiger partial charge < -0.3 is 9.80 Å². The van der Waals surface area contributed by atoms with Crippen molar-refractivity contribution in [3.8, 4) is 0 Å². The fourth-order valence-electron chi connectivity index (χ4n) is 3.14. The summed E-state index contributed by atoms with van der Waals surface area (Å²) in [5, 5.41) is 0. The molecule has 1 unspecified atom stereocenters. The van der Waals surface area contributed by atoms with Crippen LogP contribution in [0.2, 0.25) is 0 Å². The van der Waals surface area contributed by atoms with Gasteiger partial charge in [0.2, 0.25) is 0 Å². The van der Waals surface area contributed by atoms with Gasteiger partial charge in [-0.3, -0.25) is 0 Å². The molecule has 1 atom stereocenters. The van der Waals surface area contributed by atoms with Crippen molar-refractivity contribution in [2.75, 3.05) is 38.6 Å². The fraction of sp³-hybridized carbons (Fsp3) is 0.667. The Balaban J connectivity index is 2.04. The van der Waals surface area contributed by atoms with Gasteiger partial charge in [0.1, 0.15) is 0 Å². The van der Waals surface area contributed by atoms with Crippen molar-refractivity contribution in [1.82, 2.24) is 4.90 Å². The fourth-order valence-corrected chi connectivity index (χ4v) is 3.14. The number of hydrogen-bond acceptors (Lipinski definition) is 2. The summed E-state index contributed by atoms with van der Waals surface area (Å²) >= 11 is 0. The lowest BCUT2D eigenvalue weighted by molar-refractivity contribution is 0.292. The van der Waals surface area contributed by atoms with Crippen molar-refractivity contribution in [3.63, 3.8) is 0 Å². The first-order valence-corrected chi connectivity index (χ1v) is 7.86. The van der Waals surface area contributed by atoms with Gasteiger partial charge in [0.15, 0.2) is 0 Å². The molecule has 0 spiro atoms.